The summed E-state index contributed by atoms with van der Waals surface area (Å²) in [6.07, 6.45) is -2.80. The first kappa shape index (κ1) is 25.2. The van der Waals surface area contributed by atoms with Gasteiger partial charge in [0.25, 0.3) is 0 Å². The molecule has 1 aromatic carbocycles. The largest absolute Gasteiger partial charge is 0.496 e. The van der Waals surface area contributed by atoms with Crippen LogP contribution in [-0.2, 0) is 32.1 Å². The maximum absolute atomic E-state index is 13.3. The van der Waals surface area contributed by atoms with E-state index in [-0.39, 0.29) is 54.5 Å². The summed E-state index contributed by atoms with van der Waals surface area (Å²) in [4.78, 5) is 36.6. The fourth-order valence-electron chi connectivity index (χ4n) is 3.66. The molecule has 176 valence electrons. The standard InChI is InChI=1S/C22H26F3NO6/c1-6-26(21(29)22(23,24)25)18-14(9-7-12(2)8-10-16(27)30-4)19(31-5)13(3)15-11-32-20(28)17(15)18/h7H,6,8-11H2,1-5H3/b12-7+. The van der Waals surface area contributed by atoms with E-state index in [0.29, 0.717) is 22.4 Å². The van der Waals surface area contributed by atoms with Gasteiger partial charge in [-0.3, -0.25) is 9.59 Å². The van der Waals surface area contributed by atoms with Gasteiger partial charge in [0, 0.05) is 24.1 Å². The van der Waals surface area contributed by atoms with E-state index < -0.39 is 18.1 Å². The van der Waals surface area contributed by atoms with E-state index in [1.807, 2.05) is 0 Å². The Hall–Kier alpha value is -3.04. The fraction of sp³-hybridized carbons (Fsp3) is 0.500. The molecule has 1 heterocycles. The van der Waals surface area contributed by atoms with Gasteiger partial charge in [-0.05, 0) is 39.2 Å². The summed E-state index contributed by atoms with van der Waals surface area (Å²) in [6.45, 7) is 4.41. The molecule has 32 heavy (non-hydrogen) atoms. The van der Waals surface area contributed by atoms with Gasteiger partial charge in [-0.25, -0.2) is 4.79 Å². The van der Waals surface area contributed by atoms with E-state index in [0.717, 1.165) is 5.57 Å². The number of nitrogens with zero attached hydrogens (tertiary/aromatic N) is 1. The second-order valence-corrected chi connectivity index (χ2v) is 7.29. The molecular weight excluding hydrogens is 431 g/mol. The lowest BCUT2D eigenvalue weighted by molar-refractivity contribution is -0.170. The number of alkyl halides is 3. The van der Waals surface area contributed by atoms with Crippen LogP contribution in [0.25, 0.3) is 0 Å². The van der Waals surface area contributed by atoms with E-state index >= 15 is 0 Å². The van der Waals surface area contributed by atoms with Crippen molar-refractivity contribution in [2.75, 3.05) is 25.7 Å². The van der Waals surface area contributed by atoms with Crippen molar-refractivity contribution in [2.45, 2.75) is 52.8 Å². The average Bonchev–Trinajstić information content (AvgIpc) is 3.13. The first-order valence-electron chi connectivity index (χ1n) is 9.98. The summed E-state index contributed by atoms with van der Waals surface area (Å²) in [5, 5.41) is 0. The van der Waals surface area contributed by atoms with Crippen LogP contribution in [0.1, 0.15) is 53.7 Å². The number of anilines is 1. The number of fused-ring (bicyclic) bond motifs is 1. The van der Waals surface area contributed by atoms with Crippen molar-refractivity contribution in [3.05, 3.63) is 33.9 Å². The van der Waals surface area contributed by atoms with Crippen LogP contribution in [-0.4, -0.2) is 44.8 Å². The van der Waals surface area contributed by atoms with E-state index in [4.69, 9.17) is 9.47 Å². The molecule has 0 fully saturated rings. The number of hydrogen-bond acceptors (Lipinski definition) is 6. The molecule has 2 rings (SSSR count). The maximum atomic E-state index is 13.3. The first-order valence-corrected chi connectivity index (χ1v) is 9.98. The molecule has 1 aromatic rings. The van der Waals surface area contributed by atoms with Crippen molar-refractivity contribution in [3.8, 4) is 5.75 Å². The average molecular weight is 457 g/mol. The summed E-state index contributed by atoms with van der Waals surface area (Å²) in [5.41, 5.74) is 1.78. The second-order valence-electron chi connectivity index (χ2n) is 7.29. The van der Waals surface area contributed by atoms with Crippen molar-refractivity contribution in [2.24, 2.45) is 0 Å². The van der Waals surface area contributed by atoms with Gasteiger partial charge in [0.2, 0.25) is 0 Å². The molecule has 10 heteroatoms. The number of cyclic esters (lactones) is 1. The van der Waals surface area contributed by atoms with Gasteiger partial charge in [-0.2, -0.15) is 13.2 Å². The van der Waals surface area contributed by atoms with E-state index in [1.54, 1.807) is 19.9 Å². The lowest BCUT2D eigenvalue weighted by Gasteiger charge is -2.28. The molecule has 0 bridgehead atoms. The summed E-state index contributed by atoms with van der Waals surface area (Å²) in [5.74, 6) is -2.98. The van der Waals surface area contributed by atoms with Crippen molar-refractivity contribution in [3.63, 3.8) is 0 Å². The number of carbonyl (C=O) groups is 3. The molecular formula is C22H26F3NO6. The lowest BCUT2D eigenvalue weighted by atomic mass is 9.92. The van der Waals surface area contributed by atoms with Crippen LogP contribution in [0.15, 0.2) is 11.6 Å². The van der Waals surface area contributed by atoms with Gasteiger partial charge in [0.05, 0.1) is 25.5 Å². The van der Waals surface area contributed by atoms with Gasteiger partial charge in [-0.1, -0.05) is 11.6 Å². The van der Waals surface area contributed by atoms with Gasteiger partial charge in [0.1, 0.15) is 12.4 Å². The monoisotopic (exact) mass is 457 g/mol. The number of allylic oxidation sites excluding steroid dienone is 2. The number of ether oxygens (including phenoxy) is 3. The number of amides is 1. The second kappa shape index (κ2) is 10.1. The third-order valence-electron chi connectivity index (χ3n) is 5.33. The molecule has 0 spiro atoms. The Morgan fingerprint density at radius 1 is 1.22 bits per heavy atom. The topological polar surface area (TPSA) is 82.1 Å². The van der Waals surface area contributed by atoms with Gasteiger partial charge >= 0.3 is 24.0 Å². The zero-order chi connectivity index (χ0) is 24.2. The minimum atomic E-state index is -5.13. The van der Waals surface area contributed by atoms with Crippen LogP contribution < -0.4 is 9.64 Å². The molecule has 0 N–H and O–H groups in total. The molecule has 0 aliphatic carbocycles. The SMILES string of the molecule is CCN(C(=O)C(F)(F)F)c1c(C/C=C(\C)CCC(=O)OC)c(OC)c(C)c2c1C(=O)OC2. The Morgan fingerprint density at radius 3 is 2.41 bits per heavy atom. The molecule has 0 radical (unpaired) electrons. The van der Waals surface area contributed by atoms with E-state index in [9.17, 15) is 27.6 Å². The highest BCUT2D eigenvalue weighted by Gasteiger charge is 2.45. The fourth-order valence-corrected chi connectivity index (χ4v) is 3.66. The summed E-state index contributed by atoms with van der Waals surface area (Å²) >= 11 is 0. The van der Waals surface area contributed by atoms with Crippen molar-refractivity contribution in [1.82, 2.24) is 0 Å². The summed E-state index contributed by atoms with van der Waals surface area (Å²) in [6, 6.07) is 0. The smallest absolute Gasteiger partial charge is 0.471 e. The molecule has 1 aliphatic rings. The number of methoxy groups -OCH3 is 2. The summed E-state index contributed by atoms with van der Waals surface area (Å²) in [7, 11) is 2.65. The molecule has 0 saturated heterocycles. The molecule has 1 amide bonds. The third kappa shape index (κ3) is 5.05. The number of benzene rings is 1. The zero-order valence-electron chi connectivity index (χ0n) is 18.6. The molecule has 1 aliphatic heterocycles. The van der Waals surface area contributed by atoms with Crippen LogP contribution >= 0.6 is 0 Å². The Labute approximate surface area is 184 Å². The van der Waals surface area contributed by atoms with Crippen LogP contribution in [0.4, 0.5) is 18.9 Å². The Balaban J connectivity index is 2.67. The van der Waals surface area contributed by atoms with Crippen molar-refractivity contribution < 1.29 is 41.8 Å². The number of esters is 2. The predicted molar refractivity (Wildman–Crippen MR) is 110 cm³/mol. The molecule has 0 saturated carbocycles. The highest BCUT2D eigenvalue weighted by molar-refractivity contribution is 6.08. The minimum Gasteiger partial charge on any atom is -0.496 e. The maximum Gasteiger partial charge on any atom is 0.471 e. The Kier molecular flexibility index (Phi) is 7.92. The van der Waals surface area contributed by atoms with Crippen LogP contribution in [0.3, 0.4) is 0 Å². The van der Waals surface area contributed by atoms with Gasteiger partial charge in [-0.15, -0.1) is 0 Å². The van der Waals surface area contributed by atoms with Gasteiger partial charge in [0.15, 0.2) is 0 Å². The molecule has 0 atom stereocenters. The lowest BCUT2D eigenvalue weighted by Crippen LogP contribution is -2.42. The van der Waals surface area contributed by atoms with Crippen LogP contribution in [0, 0.1) is 6.92 Å². The third-order valence-corrected chi connectivity index (χ3v) is 5.33. The van der Waals surface area contributed by atoms with Crippen LogP contribution in [0.2, 0.25) is 0 Å². The zero-order valence-corrected chi connectivity index (χ0v) is 18.6. The Morgan fingerprint density at radius 2 is 1.88 bits per heavy atom. The van der Waals surface area contributed by atoms with Crippen molar-refractivity contribution >= 4 is 23.5 Å². The number of halogens is 3. The quantitative estimate of drug-likeness (QED) is 0.433. The first-order chi connectivity index (χ1) is 15.0. The summed E-state index contributed by atoms with van der Waals surface area (Å²) < 4.78 is 55.2. The molecule has 7 nitrogen and oxygen atoms in total. The van der Waals surface area contributed by atoms with Crippen LogP contribution in [0.5, 0.6) is 5.75 Å². The normalized spacial score (nSPS) is 13.5. The number of carbonyl (C=O) groups excluding carboxylic acids is 3. The highest BCUT2D eigenvalue weighted by Crippen LogP contribution is 2.44. The van der Waals surface area contributed by atoms with E-state index in [1.165, 1.54) is 21.1 Å². The molecule has 0 aromatic heterocycles. The van der Waals surface area contributed by atoms with Gasteiger partial charge < -0.3 is 19.1 Å². The minimum absolute atomic E-state index is 0.0571. The van der Waals surface area contributed by atoms with E-state index in [2.05, 4.69) is 4.74 Å². The highest BCUT2D eigenvalue weighted by atomic mass is 19.4. The predicted octanol–water partition coefficient (Wildman–Crippen LogP) is 4.03. The number of rotatable bonds is 8. The molecule has 0 unspecified atom stereocenters. The van der Waals surface area contributed by atoms with Crippen molar-refractivity contribution in [1.29, 1.82) is 0 Å². The Bertz CT molecular complexity index is 952. The number of hydrogen-bond donors (Lipinski definition) is 0.